The van der Waals surface area contributed by atoms with Gasteiger partial charge in [0.1, 0.15) is 11.2 Å². The van der Waals surface area contributed by atoms with Crippen molar-refractivity contribution in [3.05, 3.63) is 326 Å². The molecule has 4 nitrogen and oxygen atoms in total. The zero-order valence-electron chi connectivity index (χ0n) is 74.7. The molecule has 4 heterocycles. The monoisotopic (exact) mass is 1260 g/mol. The second-order valence-corrected chi connectivity index (χ2v) is 26.8. The van der Waals surface area contributed by atoms with Gasteiger partial charge in [0.15, 0.2) is 0 Å². The number of anilines is 6. The third kappa shape index (κ3) is 9.74. The minimum absolute atomic E-state index is 0.0178. The lowest BCUT2D eigenvalue weighted by Crippen LogP contribution is -2.61. The fourth-order valence-corrected chi connectivity index (χ4v) is 14.0. The van der Waals surface area contributed by atoms with E-state index in [9.17, 15) is 21.9 Å². The molecule has 14 aromatic carbocycles. The van der Waals surface area contributed by atoms with E-state index in [1.165, 1.54) is 0 Å². The zero-order valence-corrected chi connectivity index (χ0v) is 53.7. The van der Waals surface area contributed by atoms with E-state index in [-0.39, 0.29) is 72.9 Å². The van der Waals surface area contributed by atoms with E-state index < -0.39 is 166 Å². The normalized spacial score (nSPS) is 15.8. The Morgan fingerprint density at radius 3 is 1.57 bits per heavy atom. The molecule has 16 aromatic rings. The smallest absolute Gasteiger partial charge is 0.252 e. The lowest BCUT2D eigenvalue weighted by atomic mass is 9.33. The highest BCUT2D eigenvalue weighted by molar-refractivity contribution is 7.00. The molecule has 0 amide bonds. The Balaban J connectivity index is 1.11. The first-order valence-corrected chi connectivity index (χ1v) is 32.3. The summed E-state index contributed by atoms with van der Waals surface area (Å²) in [6.07, 6.45) is 0. The molecule has 0 atom stereocenters. The van der Waals surface area contributed by atoms with Gasteiger partial charge in [0.05, 0.1) is 45.5 Å². The summed E-state index contributed by atoms with van der Waals surface area (Å²) in [5, 5.41) is 0.520. The Morgan fingerprint density at radius 2 is 0.897 bits per heavy atom. The first-order valence-electron chi connectivity index (χ1n) is 42.8. The zero-order chi connectivity index (χ0) is 83.5. The summed E-state index contributed by atoms with van der Waals surface area (Å²) in [7, 11) is 0. The van der Waals surface area contributed by atoms with Crippen LogP contribution in [-0.4, -0.2) is 11.3 Å². The molecule has 97 heavy (non-hydrogen) atoms. The van der Waals surface area contributed by atoms with Crippen molar-refractivity contribution in [2.24, 2.45) is 0 Å². The van der Waals surface area contributed by atoms with Gasteiger partial charge in [-0.2, -0.15) is 0 Å². The van der Waals surface area contributed by atoms with Crippen LogP contribution >= 0.6 is 0 Å². The molecule has 0 aliphatic carbocycles. The van der Waals surface area contributed by atoms with Crippen molar-refractivity contribution in [1.29, 1.82) is 0 Å². The molecule has 0 saturated heterocycles. The van der Waals surface area contributed by atoms with Crippen molar-refractivity contribution >= 4 is 101 Å². The standard InChI is InChI=1S/C92H70BN3O/c1-91(2,3)69-49-66(60-28-13-8-14-29-60)48-67(50-69)63-34-25-35-71(51-63)95-83-46-42-65(59-26-11-7-12-27-59)53-80(83)93-79-45-44-72(94-81-39-22-19-36-73(81)74-37-20-23-40-82(74)94)58-84(79)96(86-55-68(54-85(95)89(86)93)64-43-47-88-78(52-64)75-38-21-24-41-87(75)97-88)90-76(61-30-15-9-16-31-61)56-70(92(4,5)6)57-77(90)62-32-17-10-18-33-62/h7-58H,1-6H3/i7D,11D,12D,19D,20D,22D,23D,26D,27D,36D,37D,39D,40D,42D,44D,45D,46D,53D,54D,55D,58D. The molecule has 2 aliphatic rings. The summed E-state index contributed by atoms with van der Waals surface area (Å²) >= 11 is 0. The summed E-state index contributed by atoms with van der Waals surface area (Å²) in [5.41, 5.74) is 3.66. The highest BCUT2D eigenvalue weighted by atomic mass is 16.3. The molecule has 0 saturated carbocycles. The number of rotatable bonds is 9. The molecule has 2 aromatic heterocycles. The van der Waals surface area contributed by atoms with Gasteiger partial charge in [-0.05, 0) is 185 Å². The van der Waals surface area contributed by atoms with Crippen LogP contribution in [0.1, 0.15) is 81.5 Å². The fraction of sp³-hybridized carbons (Fsp3) is 0.0870. The van der Waals surface area contributed by atoms with Crippen LogP contribution in [0.2, 0.25) is 0 Å². The van der Waals surface area contributed by atoms with E-state index in [4.69, 9.17) is 11.3 Å². The molecule has 0 N–H and O–H groups in total. The summed E-state index contributed by atoms with van der Waals surface area (Å²) < 4.78 is 219. The van der Waals surface area contributed by atoms with Gasteiger partial charge >= 0.3 is 0 Å². The number of fused-ring (bicyclic) bond motifs is 10. The third-order valence-corrected chi connectivity index (χ3v) is 18.8. The molecule has 2 aliphatic heterocycles. The average molecular weight is 1270 g/mol. The predicted octanol–water partition coefficient (Wildman–Crippen LogP) is 23.4. The van der Waals surface area contributed by atoms with Gasteiger partial charge in [0, 0.05) is 66.8 Å². The van der Waals surface area contributed by atoms with Gasteiger partial charge in [-0.15, -0.1) is 0 Å². The van der Waals surface area contributed by atoms with E-state index in [1.54, 1.807) is 34.1 Å². The Labute approximate surface area is 597 Å². The van der Waals surface area contributed by atoms with Crippen LogP contribution in [0, 0.1) is 0 Å². The van der Waals surface area contributed by atoms with Gasteiger partial charge in [0.2, 0.25) is 0 Å². The van der Waals surface area contributed by atoms with Crippen LogP contribution in [0.5, 0.6) is 0 Å². The molecule has 0 fully saturated rings. The van der Waals surface area contributed by atoms with Crippen LogP contribution in [0.25, 0.3) is 116 Å². The quantitative estimate of drug-likeness (QED) is 0.135. The fourth-order valence-electron chi connectivity index (χ4n) is 14.0. The third-order valence-electron chi connectivity index (χ3n) is 18.8. The first-order chi connectivity index (χ1) is 56.1. The number of hydrogen-bond donors (Lipinski definition) is 0. The van der Waals surface area contributed by atoms with Crippen LogP contribution < -0.4 is 26.2 Å². The molecule has 0 radical (unpaired) electrons. The highest BCUT2D eigenvalue weighted by Gasteiger charge is 2.45. The summed E-state index contributed by atoms with van der Waals surface area (Å²) in [4.78, 5) is 3.26. The summed E-state index contributed by atoms with van der Waals surface area (Å²) in [6.45, 7) is 10.7. The minimum Gasteiger partial charge on any atom is -0.456 e. The van der Waals surface area contributed by atoms with E-state index in [0.717, 1.165) is 32.4 Å². The van der Waals surface area contributed by atoms with Gasteiger partial charge in [-0.1, -0.05) is 266 Å². The van der Waals surface area contributed by atoms with Crippen molar-refractivity contribution in [2.45, 2.75) is 52.4 Å². The Bertz CT molecular complexity index is 6950. The van der Waals surface area contributed by atoms with E-state index in [2.05, 4.69) is 59.7 Å². The molecule has 0 bridgehead atoms. The predicted molar refractivity (Wildman–Crippen MR) is 412 cm³/mol. The second-order valence-electron chi connectivity index (χ2n) is 26.8. The maximum atomic E-state index is 11.7. The van der Waals surface area contributed by atoms with E-state index in [1.807, 2.05) is 146 Å². The highest BCUT2D eigenvalue weighted by Crippen LogP contribution is 2.54. The number of para-hydroxylation sites is 3. The maximum absolute atomic E-state index is 11.7. The van der Waals surface area contributed by atoms with E-state index in [0.29, 0.717) is 55.3 Å². The molecule has 0 unspecified atom stereocenters. The van der Waals surface area contributed by atoms with Crippen LogP contribution in [0.15, 0.2) is 319 Å². The van der Waals surface area contributed by atoms with Crippen LogP contribution in [0.4, 0.5) is 34.1 Å². The van der Waals surface area contributed by atoms with Gasteiger partial charge in [-0.3, -0.25) is 0 Å². The number of furan rings is 1. The minimum atomic E-state index is -1.86. The number of hydrogen-bond acceptors (Lipinski definition) is 3. The van der Waals surface area contributed by atoms with Crippen molar-refractivity contribution in [3.63, 3.8) is 0 Å². The lowest BCUT2D eigenvalue weighted by Gasteiger charge is -2.45. The van der Waals surface area contributed by atoms with Crippen LogP contribution in [0.3, 0.4) is 0 Å². The van der Waals surface area contributed by atoms with Gasteiger partial charge in [0.25, 0.3) is 6.71 Å². The number of aromatic nitrogens is 1. The molecule has 462 valence electrons. The van der Waals surface area contributed by atoms with Crippen LogP contribution in [-0.2, 0) is 10.8 Å². The van der Waals surface area contributed by atoms with Crippen molar-refractivity contribution in [3.8, 4) is 72.4 Å². The Morgan fingerprint density at radius 1 is 0.330 bits per heavy atom. The van der Waals surface area contributed by atoms with Crippen molar-refractivity contribution in [2.75, 3.05) is 9.80 Å². The Hall–Kier alpha value is -11.7. The number of benzene rings is 14. The van der Waals surface area contributed by atoms with Gasteiger partial charge in [-0.25, -0.2) is 0 Å². The second kappa shape index (κ2) is 22.5. The lowest BCUT2D eigenvalue weighted by molar-refractivity contribution is 0.590. The summed E-state index contributed by atoms with van der Waals surface area (Å²) in [5.74, 6) is 0. The molecular weight excluding hydrogens is 1170 g/mol. The van der Waals surface area contributed by atoms with Crippen molar-refractivity contribution < 1.29 is 33.2 Å². The Kier molecular flexibility index (Phi) is 9.26. The summed E-state index contributed by atoms with van der Waals surface area (Å²) in [6, 6.07) is 43.5. The van der Waals surface area contributed by atoms with Crippen molar-refractivity contribution in [1.82, 2.24) is 4.57 Å². The molecule has 0 spiro atoms. The molecule has 5 heteroatoms. The first kappa shape index (κ1) is 39.9. The molecular formula is C92H70BN3O. The number of nitrogens with zero attached hydrogens (tertiary/aromatic N) is 3. The largest absolute Gasteiger partial charge is 0.456 e. The topological polar surface area (TPSA) is 24.6 Å². The average Bonchev–Trinajstić information content (AvgIpc) is 0.679. The maximum Gasteiger partial charge on any atom is 0.252 e. The van der Waals surface area contributed by atoms with Gasteiger partial charge < -0.3 is 18.8 Å². The SMILES string of the molecule is [2H]c1c([2H])c([2H])c(-c2c([2H])c([2H])c3c(c2[2H])B2c4c([2H])c([2H])c(-n5c6c([2H])c([2H])c([2H])c([2H])c6c6c([2H])c([2H])c([2H])c([2H])c65)c([2H])c4N(c4c(-c5ccccc5)cc(C(C)(C)C)cc4-c4ccccc4)c4c([2H])c(-c5ccc6oc7ccccc7c6c5)c([2H])c(c42)N3c2cccc(-c3cc(-c4ccccc4)cc(C(C)(C)C)c3)c2)c([2H])c1[2H]. The van der Waals surface area contributed by atoms with E-state index >= 15 is 0 Å². The molecule has 18 rings (SSSR count).